The molecule has 0 atom stereocenters. The molecule has 0 aliphatic heterocycles. The van der Waals surface area contributed by atoms with Gasteiger partial charge in [-0.2, -0.15) is 11.3 Å². The second-order valence-corrected chi connectivity index (χ2v) is 5.03. The van der Waals surface area contributed by atoms with E-state index >= 15 is 0 Å². The normalized spacial score (nSPS) is 10.2. The van der Waals surface area contributed by atoms with Crippen molar-refractivity contribution in [3.05, 3.63) is 46.2 Å². The minimum atomic E-state index is -0.414. The molecule has 0 aliphatic carbocycles. The Balaban J connectivity index is 2.22. The number of nitrogens with two attached hydrogens (primary N) is 1. The summed E-state index contributed by atoms with van der Waals surface area (Å²) in [7, 11) is 3.33. The summed E-state index contributed by atoms with van der Waals surface area (Å²) in [4.78, 5) is 13.7. The van der Waals surface area contributed by atoms with Gasteiger partial charge in [0.05, 0.1) is 12.7 Å². The maximum atomic E-state index is 11.6. The number of benzene rings is 1. The van der Waals surface area contributed by atoms with Crippen molar-refractivity contribution in [2.45, 2.75) is 6.54 Å². The Labute approximate surface area is 116 Å². The molecule has 1 aromatic carbocycles. The predicted molar refractivity (Wildman–Crippen MR) is 78.6 cm³/mol. The van der Waals surface area contributed by atoms with Crippen molar-refractivity contribution >= 4 is 28.7 Å². The summed E-state index contributed by atoms with van der Waals surface area (Å²) in [5.41, 5.74) is 8.79. The Morgan fingerprint density at radius 2 is 2.21 bits per heavy atom. The zero-order valence-corrected chi connectivity index (χ0v) is 11.7. The molecule has 4 nitrogen and oxygen atoms in total. The van der Waals surface area contributed by atoms with Gasteiger partial charge >= 0.3 is 5.97 Å². The fourth-order valence-corrected chi connectivity index (χ4v) is 2.48. The van der Waals surface area contributed by atoms with Gasteiger partial charge in [-0.15, -0.1) is 0 Å². The van der Waals surface area contributed by atoms with Crippen LogP contribution in [-0.4, -0.2) is 20.1 Å². The Morgan fingerprint density at radius 1 is 1.42 bits per heavy atom. The van der Waals surface area contributed by atoms with Crippen LogP contribution in [-0.2, 0) is 11.3 Å². The van der Waals surface area contributed by atoms with E-state index in [1.165, 1.54) is 12.7 Å². The summed E-state index contributed by atoms with van der Waals surface area (Å²) in [6.45, 7) is 0.786. The average molecular weight is 276 g/mol. The van der Waals surface area contributed by atoms with Crippen molar-refractivity contribution in [3.63, 3.8) is 0 Å². The first-order valence-corrected chi connectivity index (χ1v) is 6.76. The molecule has 0 fully saturated rings. The molecule has 0 unspecified atom stereocenters. The molecule has 0 radical (unpaired) electrons. The highest BCUT2D eigenvalue weighted by atomic mass is 32.1. The van der Waals surface area contributed by atoms with E-state index in [4.69, 9.17) is 10.5 Å². The largest absolute Gasteiger partial charge is 0.465 e. The van der Waals surface area contributed by atoms with Crippen LogP contribution < -0.4 is 10.6 Å². The van der Waals surface area contributed by atoms with Gasteiger partial charge in [0, 0.05) is 25.0 Å². The van der Waals surface area contributed by atoms with Crippen LogP contribution in [0.3, 0.4) is 0 Å². The van der Waals surface area contributed by atoms with Gasteiger partial charge in [0.2, 0.25) is 0 Å². The molecule has 0 saturated carbocycles. The van der Waals surface area contributed by atoms with Crippen molar-refractivity contribution in [2.75, 3.05) is 24.8 Å². The fourth-order valence-electron chi connectivity index (χ4n) is 1.82. The lowest BCUT2D eigenvalue weighted by atomic mass is 10.1. The zero-order chi connectivity index (χ0) is 13.8. The summed E-state index contributed by atoms with van der Waals surface area (Å²) in [6, 6.07) is 7.47. The number of nitrogen functional groups attached to an aromatic ring is 1. The summed E-state index contributed by atoms with van der Waals surface area (Å²) < 4.78 is 4.72. The lowest BCUT2D eigenvalue weighted by Gasteiger charge is -2.19. The van der Waals surface area contributed by atoms with Gasteiger partial charge in [0.15, 0.2) is 0 Å². The van der Waals surface area contributed by atoms with Gasteiger partial charge < -0.3 is 15.4 Å². The Bertz CT molecular complexity index is 567. The van der Waals surface area contributed by atoms with Gasteiger partial charge in [-0.3, -0.25) is 0 Å². The first-order valence-electron chi connectivity index (χ1n) is 5.82. The molecule has 0 bridgehead atoms. The Kier molecular flexibility index (Phi) is 4.06. The van der Waals surface area contributed by atoms with Gasteiger partial charge in [-0.05, 0) is 40.6 Å². The molecule has 2 N–H and O–H groups in total. The monoisotopic (exact) mass is 276 g/mol. The number of anilines is 2. The van der Waals surface area contributed by atoms with Crippen molar-refractivity contribution in [3.8, 4) is 0 Å². The third kappa shape index (κ3) is 3.06. The molecule has 19 heavy (non-hydrogen) atoms. The molecule has 5 heteroatoms. The van der Waals surface area contributed by atoms with E-state index in [0.717, 1.165) is 12.2 Å². The maximum absolute atomic E-state index is 11.6. The number of methoxy groups -OCH3 is 1. The summed E-state index contributed by atoms with van der Waals surface area (Å²) in [5, 5.41) is 4.15. The molecule has 2 rings (SSSR count). The number of carbonyl (C=O) groups is 1. The van der Waals surface area contributed by atoms with Crippen LogP contribution in [0.5, 0.6) is 0 Å². The topological polar surface area (TPSA) is 55.6 Å². The Morgan fingerprint density at radius 3 is 2.84 bits per heavy atom. The van der Waals surface area contributed by atoms with Crippen LogP contribution in [0.2, 0.25) is 0 Å². The summed E-state index contributed by atoms with van der Waals surface area (Å²) in [5.74, 6) is -0.414. The third-order valence-electron chi connectivity index (χ3n) is 2.88. The molecule has 100 valence electrons. The SMILES string of the molecule is COC(=O)c1cc(N(C)Cc2ccsc2)ccc1N. The van der Waals surface area contributed by atoms with Gasteiger partial charge in [-0.25, -0.2) is 4.79 Å². The van der Waals surface area contributed by atoms with Gasteiger partial charge in [-0.1, -0.05) is 0 Å². The molecular weight excluding hydrogens is 260 g/mol. The quantitative estimate of drug-likeness (QED) is 0.689. The number of thiophene rings is 1. The van der Waals surface area contributed by atoms with Crippen molar-refractivity contribution in [2.24, 2.45) is 0 Å². The lowest BCUT2D eigenvalue weighted by Crippen LogP contribution is -2.17. The maximum Gasteiger partial charge on any atom is 0.340 e. The van der Waals surface area contributed by atoms with Gasteiger partial charge in [0.1, 0.15) is 0 Å². The van der Waals surface area contributed by atoms with Crippen LogP contribution in [0, 0.1) is 0 Å². The minimum absolute atomic E-state index is 0.400. The van der Waals surface area contributed by atoms with E-state index in [-0.39, 0.29) is 0 Å². The van der Waals surface area contributed by atoms with Gasteiger partial charge in [0.25, 0.3) is 0 Å². The van der Waals surface area contributed by atoms with E-state index in [2.05, 4.69) is 16.3 Å². The van der Waals surface area contributed by atoms with E-state index in [9.17, 15) is 4.79 Å². The first-order chi connectivity index (χ1) is 9.11. The lowest BCUT2D eigenvalue weighted by molar-refractivity contribution is 0.0602. The van der Waals surface area contributed by atoms with Crippen LogP contribution in [0.4, 0.5) is 11.4 Å². The highest BCUT2D eigenvalue weighted by Crippen LogP contribution is 2.23. The molecule has 0 amide bonds. The Hall–Kier alpha value is -2.01. The van der Waals surface area contributed by atoms with Crippen LogP contribution in [0.15, 0.2) is 35.0 Å². The summed E-state index contributed by atoms with van der Waals surface area (Å²) >= 11 is 1.67. The molecule has 1 aromatic heterocycles. The molecule has 0 saturated heterocycles. The van der Waals surface area contributed by atoms with Crippen molar-refractivity contribution in [1.82, 2.24) is 0 Å². The van der Waals surface area contributed by atoms with E-state index in [0.29, 0.717) is 11.3 Å². The van der Waals surface area contributed by atoms with Crippen LogP contribution in [0.1, 0.15) is 15.9 Å². The third-order valence-corrected chi connectivity index (χ3v) is 3.61. The molecule has 2 aromatic rings. The highest BCUT2D eigenvalue weighted by molar-refractivity contribution is 7.07. The first kappa shape index (κ1) is 13.4. The molecular formula is C14H16N2O2S. The van der Waals surface area contributed by atoms with Crippen LogP contribution in [0.25, 0.3) is 0 Å². The standard InChI is InChI=1S/C14H16N2O2S/c1-16(8-10-5-6-19-9-10)11-3-4-13(15)12(7-11)14(17)18-2/h3-7,9H,8,15H2,1-2H3. The second kappa shape index (κ2) is 5.75. The van der Waals surface area contributed by atoms with E-state index in [1.54, 1.807) is 23.5 Å². The smallest absolute Gasteiger partial charge is 0.340 e. The fraction of sp³-hybridized carbons (Fsp3) is 0.214. The average Bonchev–Trinajstić information content (AvgIpc) is 2.91. The zero-order valence-electron chi connectivity index (χ0n) is 10.9. The van der Waals surface area contributed by atoms with E-state index in [1.807, 2.05) is 18.5 Å². The van der Waals surface area contributed by atoms with Crippen LogP contribution >= 0.6 is 11.3 Å². The van der Waals surface area contributed by atoms with E-state index < -0.39 is 5.97 Å². The predicted octanol–water partition coefficient (Wildman–Crippen LogP) is 2.75. The number of esters is 1. The second-order valence-electron chi connectivity index (χ2n) is 4.25. The number of rotatable bonds is 4. The summed E-state index contributed by atoms with van der Waals surface area (Å²) in [6.07, 6.45) is 0. The van der Waals surface area contributed by atoms with Crippen molar-refractivity contribution < 1.29 is 9.53 Å². The minimum Gasteiger partial charge on any atom is -0.465 e. The molecule has 0 aliphatic rings. The number of ether oxygens (including phenoxy) is 1. The van der Waals surface area contributed by atoms with Crippen molar-refractivity contribution in [1.29, 1.82) is 0 Å². The highest BCUT2D eigenvalue weighted by Gasteiger charge is 2.12. The number of carbonyl (C=O) groups excluding carboxylic acids is 1. The number of hydrogen-bond donors (Lipinski definition) is 1. The molecule has 0 spiro atoms. The molecule has 1 heterocycles. The number of hydrogen-bond acceptors (Lipinski definition) is 5. The number of nitrogens with zero attached hydrogens (tertiary/aromatic N) is 1.